The van der Waals surface area contributed by atoms with Gasteiger partial charge in [-0.05, 0) is 36.9 Å². The van der Waals surface area contributed by atoms with E-state index in [9.17, 15) is 0 Å². The lowest BCUT2D eigenvalue weighted by Gasteiger charge is -2.15. The van der Waals surface area contributed by atoms with Crippen molar-refractivity contribution in [1.29, 1.82) is 0 Å². The molecule has 2 rings (SSSR count). The van der Waals surface area contributed by atoms with Gasteiger partial charge in [0.25, 0.3) is 0 Å². The predicted molar refractivity (Wildman–Crippen MR) is 75.9 cm³/mol. The summed E-state index contributed by atoms with van der Waals surface area (Å²) in [6, 6.07) is 12.2. The molecular formula is C14H17BrN2O. The normalized spacial score (nSPS) is 11.1. The molecule has 1 aromatic heterocycles. The van der Waals surface area contributed by atoms with E-state index >= 15 is 0 Å². The molecule has 0 bridgehead atoms. The SMILES string of the molecule is CN(Cc1cccc(Br)c1)Cc1ccc(CN)o1. The van der Waals surface area contributed by atoms with Crippen LogP contribution in [0.4, 0.5) is 0 Å². The van der Waals surface area contributed by atoms with Crippen LogP contribution in [0.5, 0.6) is 0 Å². The summed E-state index contributed by atoms with van der Waals surface area (Å²) in [5.41, 5.74) is 6.80. The Labute approximate surface area is 116 Å². The van der Waals surface area contributed by atoms with Gasteiger partial charge in [-0.15, -0.1) is 0 Å². The van der Waals surface area contributed by atoms with Crippen molar-refractivity contribution in [3.63, 3.8) is 0 Å². The topological polar surface area (TPSA) is 42.4 Å². The number of halogens is 1. The molecule has 3 nitrogen and oxygen atoms in total. The van der Waals surface area contributed by atoms with Crippen molar-refractivity contribution in [3.05, 3.63) is 58.0 Å². The lowest BCUT2D eigenvalue weighted by atomic mass is 10.2. The minimum Gasteiger partial charge on any atom is -0.463 e. The van der Waals surface area contributed by atoms with Gasteiger partial charge in [0.2, 0.25) is 0 Å². The molecule has 18 heavy (non-hydrogen) atoms. The van der Waals surface area contributed by atoms with Crippen molar-refractivity contribution in [1.82, 2.24) is 4.90 Å². The Balaban J connectivity index is 1.94. The summed E-state index contributed by atoms with van der Waals surface area (Å²) >= 11 is 3.48. The quantitative estimate of drug-likeness (QED) is 0.922. The van der Waals surface area contributed by atoms with Crippen molar-refractivity contribution >= 4 is 15.9 Å². The molecule has 2 aromatic rings. The zero-order chi connectivity index (χ0) is 13.0. The van der Waals surface area contributed by atoms with E-state index in [1.54, 1.807) is 0 Å². The van der Waals surface area contributed by atoms with E-state index in [4.69, 9.17) is 10.2 Å². The highest BCUT2D eigenvalue weighted by Crippen LogP contribution is 2.15. The van der Waals surface area contributed by atoms with Gasteiger partial charge in [0.1, 0.15) is 11.5 Å². The fraction of sp³-hybridized carbons (Fsp3) is 0.286. The summed E-state index contributed by atoms with van der Waals surface area (Å²) in [6.07, 6.45) is 0. The smallest absolute Gasteiger partial charge is 0.118 e. The molecule has 0 saturated heterocycles. The number of hydrogen-bond donors (Lipinski definition) is 1. The lowest BCUT2D eigenvalue weighted by molar-refractivity contribution is 0.284. The van der Waals surface area contributed by atoms with Crippen LogP contribution < -0.4 is 5.73 Å². The molecule has 4 heteroatoms. The minimum absolute atomic E-state index is 0.454. The molecule has 1 heterocycles. The molecule has 0 aliphatic rings. The predicted octanol–water partition coefficient (Wildman–Crippen LogP) is 3.13. The van der Waals surface area contributed by atoms with Crippen molar-refractivity contribution in [3.8, 4) is 0 Å². The Hall–Kier alpha value is -1.10. The minimum atomic E-state index is 0.454. The number of nitrogens with two attached hydrogens (primary N) is 1. The van der Waals surface area contributed by atoms with Crippen LogP contribution in [0.25, 0.3) is 0 Å². The third-order valence-electron chi connectivity index (χ3n) is 2.69. The van der Waals surface area contributed by atoms with Gasteiger partial charge < -0.3 is 10.2 Å². The highest BCUT2D eigenvalue weighted by Gasteiger charge is 2.06. The molecule has 0 unspecified atom stereocenters. The Morgan fingerprint density at radius 1 is 1.17 bits per heavy atom. The van der Waals surface area contributed by atoms with E-state index in [0.717, 1.165) is 29.1 Å². The average molecular weight is 309 g/mol. The third kappa shape index (κ3) is 3.70. The van der Waals surface area contributed by atoms with Gasteiger partial charge in [-0.1, -0.05) is 28.1 Å². The van der Waals surface area contributed by atoms with Crippen LogP contribution in [-0.4, -0.2) is 11.9 Å². The maximum atomic E-state index is 5.59. The summed E-state index contributed by atoms with van der Waals surface area (Å²) in [7, 11) is 2.07. The fourth-order valence-electron chi connectivity index (χ4n) is 1.89. The number of benzene rings is 1. The second kappa shape index (κ2) is 6.18. The molecule has 96 valence electrons. The summed E-state index contributed by atoms with van der Waals surface area (Å²) in [5.74, 6) is 1.79. The van der Waals surface area contributed by atoms with E-state index in [0.29, 0.717) is 6.54 Å². The van der Waals surface area contributed by atoms with Crippen LogP contribution in [0.3, 0.4) is 0 Å². The first-order chi connectivity index (χ1) is 8.67. The second-order valence-corrected chi connectivity index (χ2v) is 5.29. The first-order valence-electron chi connectivity index (χ1n) is 5.88. The van der Waals surface area contributed by atoms with Crippen LogP contribution in [-0.2, 0) is 19.6 Å². The van der Waals surface area contributed by atoms with Gasteiger partial charge >= 0.3 is 0 Å². The number of nitrogens with zero attached hydrogens (tertiary/aromatic N) is 1. The number of hydrogen-bond acceptors (Lipinski definition) is 3. The Kier molecular flexibility index (Phi) is 4.58. The van der Waals surface area contributed by atoms with Gasteiger partial charge in [-0.25, -0.2) is 0 Å². The van der Waals surface area contributed by atoms with Crippen molar-refractivity contribution in [2.24, 2.45) is 5.73 Å². The maximum absolute atomic E-state index is 5.59. The molecule has 0 fully saturated rings. The molecule has 0 atom stereocenters. The van der Waals surface area contributed by atoms with Gasteiger partial charge in [0, 0.05) is 11.0 Å². The first kappa shape index (κ1) is 13.3. The van der Waals surface area contributed by atoms with Gasteiger partial charge in [-0.2, -0.15) is 0 Å². The van der Waals surface area contributed by atoms with E-state index in [1.807, 2.05) is 24.3 Å². The number of furan rings is 1. The lowest BCUT2D eigenvalue weighted by Crippen LogP contribution is -2.16. The highest BCUT2D eigenvalue weighted by molar-refractivity contribution is 9.10. The molecule has 0 saturated carbocycles. The van der Waals surface area contributed by atoms with Crippen molar-refractivity contribution < 1.29 is 4.42 Å². The van der Waals surface area contributed by atoms with Crippen LogP contribution in [0, 0.1) is 0 Å². The molecule has 0 aliphatic carbocycles. The Bertz CT molecular complexity index is 510. The molecule has 0 aliphatic heterocycles. The summed E-state index contributed by atoms with van der Waals surface area (Å²) < 4.78 is 6.70. The van der Waals surface area contributed by atoms with E-state index in [1.165, 1.54) is 5.56 Å². The molecular weight excluding hydrogens is 292 g/mol. The van der Waals surface area contributed by atoms with Gasteiger partial charge in [0.05, 0.1) is 13.1 Å². The van der Waals surface area contributed by atoms with E-state index in [-0.39, 0.29) is 0 Å². The van der Waals surface area contributed by atoms with Gasteiger partial charge in [0.15, 0.2) is 0 Å². The van der Waals surface area contributed by atoms with Crippen molar-refractivity contribution in [2.75, 3.05) is 7.05 Å². The summed E-state index contributed by atoms with van der Waals surface area (Å²) in [5, 5.41) is 0. The molecule has 0 amide bonds. The highest BCUT2D eigenvalue weighted by atomic mass is 79.9. The summed E-state index contributed by atoms with van der Waals surface area (Å²) in [6.45, 7) is 2.12. The van der Waals surface area contributed by atoms with E-state index in [2.05, 4.69) is 40.0 Å². The number of rotatable bonds is 5. The third-order valence-corrected chi connectivity index (χ3v) is 3.18. The average Bonchev–Trinajstić information content (AvgIpc) is 2.76. The molecule has 1 aromatic carbocycles. The second-order valence-electron chi connectivity index (χ2n) is 4.37. The van der Waals surface area contributed by atoms with E-state index < -0.39 is 0 Å². The van der Waals surface area contributed by atoms with Crippen LogP contribution in [0.2, 0.25) is 0 Å². The van der Waals surface area contributed by atoms with Crippen LogP contribution in [0.15, 0.2) is 45.3 Å². The largest absolute Gasteiger partial charge is 0.463 e. The zero-order valence-electron chi connectivity index (χ0n) is 10.4. The monoisotopic (exact) mass is 308 g/mol. The molecule has 2 N–H and O–H groups in total. The zero-order valence-corrected chi connectivity index (χ0v) is 12.0. The fourth-order valence-corrected chi connectivity index (χ4v) is 2.33. The molecule has 0 spiro atoms. The molecule has 0 radical (unpaired) electrons. The van der Waals surface area contributed by atoms with Crippen molar-refractivity contribution in [2.45, 2.75) is 19.6 Å². The van der Waals surface area contributed by atoms with Gasteiger partial charge in [-0.3, -0.25) is 4.90 Å². The van der Waals surface area contributed by atoms with Crippen LogP contribution >= 0.6 is 15.9 Å². The first-order valence-corrected chi connectivity index (χ1v) is 6.67. The Morgan fingerprint density at radius 2 is 1.94 bits per heavy atom. The maximum Gasteiger partial charge on any atom is 0.118 e. The summed E-state index contributed by atoms with van der Waals surface area (Å²) in [4.78, 5) is 2.21. The Morgan fingerprint density at radius 3 is 2.61 bits per heavy atom. The standard InChI is InChI=1S/C14H17BrN2O/c1-17(9-11-3-2-4-12(15)7-11)10-14-6-5-13(8-16)18-14/h2-7H,8-10,16H2,1H3. The van der Waals surface area contributed by atoms with Crippen LogP contribution in [0.1, 0.15) is 17.1 Å².